The van der Waals surface area contributed by atoms with Gasteiger partial charge in [-0.2, -0.15) is 0 Å². The predicted octanol–water partition coefficient (Wildman–Crippen LogP) is 2.23. The molecule has 1 fully saturated rings. The Morgan fingerprint density at radius 3 is 2.32 bits per heavy atom. The van der Waals surface area contributed by atoms with E-state index in [1.54, 1.807) is 36.4 Å². The second-order valence-corrected chi connectivity index (χ2v) is 4.66. The summed E-state index contributed by atoms with van der Waals surface area (Å²) in [6, 6.07) is 6.27. The molecule has 0 N–H and O–H groups in total. The van der Waals surface area contributed by atoms with Crippen LogP contribution in [-0.2, 0) is 9.59 Å². The first kappa shape index (κ1) is 15.2. The van der Waals surface area contributed by atoms with Crippen LogP contribution in [0.3, 0.4) is 0 Å². The third kappa shape index (κ3) is 2.79. The summed E-state index contributed by atoms with van der Waals surface area (Å²) in [6.07, 6.45) is 4.60. The van der Waals surface area contributed by atoms with Crippen LogP contribution < -0.4 is 0 Å². The minimum atomic E-state index is -0.652. The van der Waals surface area contributed by atoms with Gasteiger partial charge in [0.1, 0.15) is 5.57 Å². The van der Waals surface area contributed by atoms with E-state index in [9.17, 15) is 14.4 Å². The van der Waals surface area contributed by atoms with E-state index in [4.69, 9.17) is 6.57 Å². The minimum Gasteiger partial charge on any atom is -0.268 e. The van der Waals surface area contributed by atoms with Crippen molar-refractivity contribution in [2.45, 2.75) is 0 Å². The van der Waals surface area contributed by atoms with Crippen LogP contribution in [0.25, 0.3) is 10.9 Å². The van der Waals surface area contributed by atoms with Gasteiger partial charge in [0, 0.05) is 14.1 Å². The van der Waals surface area contributed by atoms with Gasteiger partial charge in [-0.1, -0.05) is 30.4 Å². The molecule has 1 heterocycles. The number of benzene rings is 1. The van der Waals surface area contributed by atoms with Crippen LogP contribution in [0, 0.1) is 6.57 Å². The molecule has 2 rings (SSSR count). The van der Waals surface area contributed by atoms with E-state index in [2.05, 4.69) is 4.85 Å². The highest BCUT2D eigenvalue weighted by Crippen LogP contribution is 2.17. The zero-order chi connectivity index (χ0) is 16.3. The minimum absolute atomic E-state index is 0.0813. The van der Waals surface area contributed by atoms with E-state index in [1.807, 2.05) is 0 Å². The highest BCUT2D eigenvalue weighted by atomic mass is 16.2. The summed E-state index contributed by atoms with van der Waals surface area (Å²) in [4.78, 5) is 40.6. The van der Waals surface area contributed by atoms with Gasteiger partial charge in [0.25, 0.3) is 11.8 Å². The summed E-state index contributed by atoms with van der Waals surface area (Å²) in [5.74, 6) is -1.26. The average molecular weight is 295 g/mol. The number of rotatable bonds is 2. The topological polar surface area (TPSA) is 62.1 Å². The molecule has 0 spiro atoms. The van der Waals surface area contributed by atoms with Gasteiger partial charge in [-0.15, -0.1) is 0 Å². The van der Waals surface area contributed by atoms with Crippen LogP contribution in [0.5, 0.6) is 0 Å². The Morgan fingerprint density at radius 2 is 1.73 bits per heavy atom. The Morgan fingerprint density at radius 1 is 1.09 bits per heavy atom. The standard InChI is InChI=1S/C16H13N3O3/c1-17-12-8-4-6-11(10-12)7-5-9-13-14(20)18(2)16(22)19(3)15(13)21/h4-10H,2-3H3/b7-5+. The fraction of sp³-hybridized carbons (Fsp3) is 0.125. The molecule has 0 radical (unpaired) electrons. The number of likely N-dealkylation sites (N-methyl/N-ethyl adjacent to an activating group) is 2. The second kappa shape index (κ2) is 6.06. The van der Waals surface area contributed by atoms with Crippen molar-refractivity contribution in [2.24, 2.45) is 0 Å². The Kier molecular flexibility index (Phi) is 4.18. The third-order valence-corrected chi connectivity index (χ3v) is 3.19. The van der Waals surface area contributed by atoms with E-state index in [0.717, 1.165) is 15.4 Å². The summed E-state index contributed by atoms with van der Waals surface area (Å²) in [6.45, 7) is 6.95. The van der Waals surface area contributed by atoms with Crippen LogP contribution in [-0.4, -0.2) is 41.7 Å². The van der Waals surface area contributed by atoms with Gasteiger partial charge in [0.05, 0.1) is 6.57 Å². The number of hydrogen-bond acceptors (Lipinski definition) is 3. The maximum Gasteiger partial charge on any atom is 0.333 e. The summed E-state index contributed by atoms with van der Waals surface area (Å²) in [5, 5.41) is 0. The molecular weight excluding hydrogens is 282 g/mol. The van der Waals surface area contributed by atoms with E-state index < -0.39 is 17.8 Å². The fourth-order valence-electron chi connectivity index (χ4n) is 1.95. The molecule has 1 aliphatic rings. The summed E-state index contributed by atoms with van der Waals surface area (Å²) < 4.78 is 0. The maximum atomic E-state index is 12.0. The third-order valence-electron chi connectivity index (χ3n) is 3.19. The molecule has 0 aliphatic carbocycles. The molecule has 1 aliphatic heterocycles. The first-order valence-electron chi connectivity index (χ1n) is 6.41. The van der Waals surface area contributed by atoms with Crippen molar-refractivity contribution < 1.29 is 14.4 Å². The van der Waals surface area contributed by atoms with Gasteiger partial charge in [-0.3, -0.25) is 19.4 Å². The molecule has 0 atom stereocenters. The molecule has 1 aromatic carbocycles. The molecule has 6 heteroatoms. The molecule has 1 saturated heterocycles. The van der Waals surface area contributed by atoms with Crippen LogP contribution in [0.4, 0.5) is 10.5 Å². The van der Waals surface area contributed by atoms with Gasteiger partial charge < -0.3 is 0 Å². The number of barbiturate groups is 1. The Hall–Kier alpha value is -3.20. The van der Waals surface area contributed by atoms with Crippen molar-refractivity contribution in [1.29, 1.82) is 0 Å². The molecule has 1 aromatic rings. The molecule has 22 heavy (non-hydrogen) atoms. The summed E-state index contributed by atoms with van der Waals surface area (Å²) in [5.41, 5.74) is 1.20. The summed E-state index contributed by atoms with van der Waals surface area (Å²) in [7, 11) is 2.65. The number of nitrogens with zero attached hydrogens (tertiary/aromatic N) is 3. The first-order valence-corrected chi connectivity index (χ1v) is 6.41. The van der Waals surface area contributed by atoms with Crippen molar-refractivity contribution in [3.63, 3.8) is 0 Å². The monoisotopic (exact) mass is 295 g/mol. The number of imide groups is 2. The van der Waals surface area contributed by atoms with E-state index in [0.29, 0.717) is 5.69 Å². The van der Waals surface area contributed by atoms with Crippen molar-refractivity contribution in [3.05, 3.63) is 59.0 Å². The molecule has 0 saturated carbocycles. The number of urea groups is 1. The van der Waals surface area contributed by atoms with Crippen LogP contribution in [0.1, 0.15) is 5.56 Å². The maximum absolute atomic E-state index is 12.0. The van der Waals surface area contributed by atoms with Crippen LogP contribution >= 0.6 is 0 Å². The lowest BCUT2D eigenvalue weighted by molar-refractivity contribution is -0.134. The molecule has 6 nitrogen and oxygen atoms in total. The van der Waals surface area contributed by atoms with Crippen LogP contribution in [0.2, 0.25) is 0 Å². The van der Waals surface area contributed by atoms with Gasteiger partial charge in [0.15, 0.2) is 5.69 Å². The van der Waals surface area contributed by atoms with Gasteiger partial charge >= 0.3 is 6.03 Å². The lowest BCUT2D eigenvalue weighted by Gasteiger charge is -2.28. The van der Waals surface area contributed by atoms with E-state index in [-0.39, 0.29) is 5.57 Å². The number of carbonyl (C=O) groups excluding carboxylic acids is 3. The smallest absolute Gasteiger partial charge is 0.268 e. The molecule has 110 valence electrons. The molecule has 0 aromatic heterocycles. The normalized spacial score (nSPS) is 15.5. The Balaban J connectivity index is 2.26. The highest BCUT2D eigenvalue weighted by Gasteiger charge is 2.37. The number of hydrogen-bond donors (Lipinski definition) is 0. The zero-order valence-corrected chi connectivity index (χ0v) is 12.1. The van der Waals surface area contributed by atoms with E-state index >= 15 is 0 Å². The van der Waals surface area contributed by atoms with Gasteiger partial charge in [-0.05, 0) is 17.7 Å². The second-order valence-electron chi connectivity index (χ2n) is 4.66. The average Bonchev–Trinajstić information content (AvgIpc) is 2.54. The predicted molar refractivity (Wildman–Crippen MR) is 80.8 cm³/mol. The lowest BCUT2D eigenvalue weighted by atomic mass is 10.1. The number of carbonyl (C=O) groups is 3. The number of allylic oxidation sites excluding steroid dienone is 2. The fourth-order valence-corrected chi connectivity index (χ4v) is 1.95. The van der Waals surface area contributed by atoms with Gasteiger partial charge in [0.2, 0.25) is 0 Å². The zero-order valence-electron chi connectivity index (χ0n) is 12.1. The SMILES string of the molecule is [C-]#[N+]c1cccc(/C=C/C=C2C(=O)N(C)C(=O)N(C)C2=O)c1. The van der Waals surface area contributed by atoms with Gasteiger partial charge in [-0.25, -0.2) is 9.64 Å². The molecule has 0 unspecified atom stereocenters. The molecule has 4 amide bonds. The highest BCUT2D eigenvalue weighted by molar-refractivity contribution is 6.28. The first-order chi connectivity index (χ1) is 10.5. The molecular formula is C16H13N3O3. The largest absolute Gasteiger partial charge is 0.333 e. The Bertz CT molecular complexity index is 730. The van der Waals surface area contributed by atoms with E-state index in [1.165, 1.54) is 20.2 Å². The quantitative estimate of drug-likeness (QED) is 0.477. The Labute approximate surface area is 127 Å². The van der Waals surface area contributed by atoms with Crippen molar-refractivity contribution in [3.8, 4) is 0 Å². The van der Waals surface area contributed by atoms with Crippen molar-refractivity contribution in [2.75, 3.05) is 14.1 Å². The van der Waals surface area contributed by atoms with Crippen molar-refractivity contribution in [1.82, 2.24) is 9.80 Å². The lowest BCUT2D eigenvalue weighted by Crippen LogP contribution is -2.52. The van der Waals surface area contributed by atoms with Crippen LogP contribution in [0.15, 0.2) is 42.0 Å². The number of amides is 4. The molecule has 0 bridgehead atoms. The van der Waals surface area contributed by atoms with Crippen molar-refractivity contribution >= 4 is 29.6 Å². The summed E-state index contributed by atoms with van der Waals surface area (Å²) >= 11 is 0.